The van der Waals surface area contributed by atoms with Crippen LogP contribution in [0.5, 0.6) is 0 Å². The van der Waals surface area contributed by atoms with Gasteiger partial charge in [-0.15, -0.1) is 0 Å². The van der Waals surface area contributed by atoms with Crippen molar-refractivity contribution in [1.82, 2.24) is 12.7 Å². The van der Waals surface area contributed by atoms with Crippen molar-refractivity contribution in [2.24, 2.45) is 0 Å². The van der Waals surface area contributed by atoms with Crippen LogP contribution in [0, 0.1) is 13.8 Å². The van der Waals surface area contributed by atoms with Gasteiger partial charge in [-0.1, -0.05) is 36.4 Å². The summed E-state index contributed by atoms with van der Waals surface area (Å²) in [5.41, 5.74) is 4.55. The summed E-state index contributed by atoms with van der Waals surface area (Å²) < 4.78 is 0.579. The van der Waals surface area contributed by atoms with Crippen molar-refractivity contribution < 1.29 is 0 Å². The first-order valence-electron chi connectivity index (χ1n) is 8.36. The molecule has 0 bridgehead atoms. The Hall–Kier alpha value is -1.99. The Morgan fingerprint density at radius 2 is 1.68 bits per heavy atom. The van der Waals surface area contributed by atoms with E-state index in [0.29, 0.717) is 2.70 Å². The number of aryl methyl sites for hydroxylation is 2. The van der Waals surface area contributed by atoms with Crippen molar-refractivity contribution in [1.29, 1.82) is 0 Å². The molecule has 0 saturated heterocycles. The third-order valence-corrected chi connectivity index (χ3v) is 6.61. The van der Waals surface area contributed by atoms with E-state index in [0.717, 1.165) is 17.3 Å². The number of anilines is 2. The highest BCUT2D eigenvalue weighted by Gasteiger charge is 2.53. The van der Waals surface area contributed by atoms with E-state index < -0.39 is 0 Å². The fraction of sp³-hybridized carbons (Fsp3) is 0.200. The van der Waals surface area contributed by atoms with Crippen molar-refractivity contribution >= 4 is 45.9 Å². The predicted molar refractivity (Wildman–Crippen MR) is 111 cm³/mol. The predicted octanol–water partition coefficient (Wildman–Crippen LogP) is 5.58. The minimum absolute atomic E-state index is 0.140. The SMILES string of the molecule is Cc1cnc2c(n1)N(c1ccccc1C)[C@@H](C)[N+]2(I)c1ccccc1. The van der Waals surface area contributed by atoms with Gasteiger partial charge in [0.05, 0.1) is 17.6 Å². The monoisotopic (exact) mass is 443 g/mol. The minimum atomic E-state index is 0.140. The fourth-order valence-corrected chi connectivity index (χ4v) is 4.41. The molecule has 0 aliphatic carbocycles. The van der Waals surface area contributed by atoms with Gasteiger partial charge in [0.15, 0.2) is 6.17 Å². The van der Waals surface area contributed by atoms with E-state index in [1.165, 1.54) is 16.9 Å². The second-order valence-corrected chi connectivity index (χ2v) is 7.94. The molecule has 0 saturated carbocycles. The van der Waals surface area contributed by atoms with E-state index in [1.807, 2.05) is 19.2 Å². The van der Waals surface area contributed by atoms with Crippen LogP contribution in [0.25, 0.3) is 0 Å². The molecule has 0 amide bonds. The number of nitrogens with zero attached hydrogens (tertiary/aromatic N) is 4. The summed E-state index contributed by atoms with van der Waals surface area (Å²) >= 11 is 2.51. The molecule has 0 spiro atoms. The number of aromatic nitrogens is 2. The van der Waals surface area contributed by atoms with Crippen LogP contribution in [-0.4, -0.2) is 16.1 Å². The summed E-state index contributed by atoms with van der Waals surface area (Å²) in [6.07, 6.45) is 2.00. The Labute approximate surface area is 162 Å². The van der Waals surface area contributed by atoms with Gasteiger partial charge >= 0.3 is 0 Å². The molecule has 1 unspecified atom stereocenters. The van der Waals surface area contributed by atoms with Gasteiger partial charge in [-0.3, -0.25) is 4.90 Å². The molecule has 126 valence electrons. The van der Waals surface area contributed by atoms with Crippen LogP contribution in [0.2, 0.25) is 0 Å². The van der Waals surface area contributed by atoms with Crippen LogP contribution in [0.4, 0.5) is 23.0 Å². The van der Waals surface area contributed by atoms with Gasteiger partial charge in [-0.2, -0.15) is 7.68 Å². The van der Waals surface area contributed by atoms with E-state index in [9.17, 15) is 0 Å². The zero-order valence-electron chi connectivity index (χ0n) is 14.5. The van der Waals surface area contributed by atoms with Gasteiger partial charge in [-0.05, 0) is 25.5 Å². The summed E-state index contributed by atoms with van der Waals surface area (Å²) in [6, 6.07) is 19.0. The Balaban J connectivity index is 1.98. The number of fused-ring (bicyclic) bond motifs is 1. The van der Waals surface area contributed by atoms with Crippen molar-refractivity contribution in [2.45, 2.75) is 26.9 Å². The smallest absolute Gasteiger partial charge is 0.268 e. The Morgan fingerprint density at radius 3 is 2.40 bits per heavy atom. The highest BCUT2D eigenvalue weighted by atomic mass is 127. The van der Waals surface area contributed by atoms with E-state index in [4.69, 9.17) is 9.97 Å². The highest BCUT2D eigenvalue weighted by molar-refractivity contribution is 14.1. The van der Waals surface area contributed by atoms with Gasteiger partial charge < -0.3 is 0 Å². The van der Waals surface area contributed by atoms with Crippen molar-refractivity contribution in [3.63, 3.8) is 0 Å². The molecule has 2 heterocycles. The molecule has 0 radical (unpaired) electrons. The zero-order chi connectivity index (χ0) is 17.6. The molecule has 0 fully saturated rings. The number of hydrogen-bond acceptors (Lipinski definition) is 3. The molecule has 4 nitrogen and oxygen atoms in total. The van der Waals surface area contributed by atoms with Crippen LogP contribution in [0.1, 0.15) is 18.2 Å². The Bertz CT molecular complexity index is 928. The largest absolute Gasteiger partial charge is 0.286 e. The molecule has 5 heteroatoms. The molecule has 1 aromatic heterocycles. The van der Waals surface area contributed by atoms with Crippen LogP contribution < -0.4 is 7.60 Å². The van der Waals surface area contributed by atoms with Crippen LogP contribution in [-0.2, 0) is 0 Å². The second kappa shape index (κ2) is 6.07. The average molecular weight is 443 g/mol. The molecule has 0 N–H and O–H groups in total. The molecular formula is C20H20IN4+. The number of quaternary nitrogens is 1. The third-order valence-electron chi connectivity index (χ3n) is 4.79. The molecule has 2 atom stereocenters. The number of benzene rings is 2. The highest BCUT2D eigenvalue weighted by Crippen LogP contribution is 2.54. The van der Waals surface area contributed by atoms with Crippen LogP contribution in [0.3, 0.4) is 0 Å². The fourth-order valence-electron chi connectivity index (χ4n) is 3.49. The third kappa shape index (κ3) is 2.45. The molecular weight excluding hydrogens is 423 g/mol. The maximum Gasteiger partial charge on any atom is 0.286 e. The first-order chi connectivity index (χ1) is 12.0. The van der Waals surface area contributed by atoms with Crippen molar-refractivity contribution in [2.75, 3.05) is 4.90 Å². The molecule has 25 heavy (non-hydrogen) atoms. The van der Waals surface area contributed by atoms with E-state index in [1.54, 1.807) is 0 Å². The first-order valence-corrected chi connectivity index (χ1v) is 9.33. The number of hydrogen-bond donors (Lipinski definition) is 0. The first kappa shape index (κ1) is 16.5. The van der Waals surface area contributed by atoms with E-state index in [2.05, 4.69) is 90.1 Å². The summed E-state index contributed by atoms with van der Waals surface area (Å²) in [5, 5.41) is 0. The Kier molecular flexibility index (Phi) is 4.00. The van der Waals surface area contributed by atoms with Crippen molar-refractivity contribution in [3.05, 3.63) is 72.1 Å². The lowest BCUT2D eigenvalue weighted by molar-refractivity contribution is 0.536. The van der Waals surface area contributed by atoms with Crippen LogP contribution in [0.15, 0.2) is 60.8 Å². The van der Waals surface area contributed by atoms with Gasteiger partial charge in [-0.25, -0.2) is 4.98 Å². The Morgan fingerprint density at radius 1 is 1.00 bits per heavy atom. The van der Waals surface area contributed by atoms with Gasteiger partial charge in [0.25, 0.3) is 28.7 Å². The zero-order valence-corrected chi connectivity index (χ0v) is 16.7. The van der Waals surface area contributed by atoms with Gasteiger partial charge in [0, 0.05) is 19.1 Å². The molecule has 1 aliphatic rings. The standard InChI is InChI=1S/C20H20IN4/c1-14-9-7-8-12-18(14)24-16(3)25(21,17-10-5-4-6-11-17)20-19(24)23-15(2)13-22-20/h4-13,16H,1-3H3/q+1/t16-,25?/m1/s1. The lowest BCUT2D eigenvalue weighted by Crippen LogP contribution is -2.45. The molecule has 3 aromatic rings. The normalized spacial score (nSPS) is 22.1. The van der Waals surface area contributed by atoms with E-state index >= 15 is 0 Å². The maximum absolute atomic E-state index is 4.87. The second-order valence-electron chi connectivity index (χ2n) is 6.42. The summed E-state index contributed by atoms with van der Waals surface area (Å²) in [5.74, 6) is 1.92. The van der Waals surface area contributed by atoms with Crippen LogP contribution >= 0.6 is 22.9 Å². The molecule has 4 rings (SSSR count). The summed E-state index contributed by atoms with van der Waals surface area (Å²) in [7, 11) is 0. The lowest BCUT2D eigenvalue weighted by atomic mass is 10.2. The molecule has 1 aliphatic heterocycles. The average Bonchev–Trinajstić information content (AvgIpc) is 2.84. The van der Waals surface area contributed by atoms with Gasteiger partial charge in [0.1, 0.15) is 5.69 Å². The number of rotatable bonds is 2. The number of halogens is 1. The quantitative estimate of drug-likeness (QED) is 0.383. The van der Waals surface area contributed by atoms with Crippen molar-refractivity contribution in [3.8, 4) is 0 Å². The number of para-hydroxylation sites is 2. The van der Waals surface area contributed by atoms with E-state index in [-0.39, 0.29) is 6.17 Å². The molecule has 2 aromatic carbocycles. The summed E-state index contributed by atoms with van der Waals surface area (Å²) in [6.45, 7) is 6.38. The summed E-state index contributed by atoms with van der Waals surface area (Å²) in [4.78, 5) is 12.0. The van der Waals surface area contributed by atoms with Gasteiger partial charge in [0.2, 0.25) is 5.82 Å². The lowest BCUT2D eigenvalue weighted by Gasteiger charge is -2.32. The topological polar surface area (TPSA) is 29.0 Å². The minimum Gasteiger partial charge on any atom is -0.268 e. The maximum atomic E-state index is 4.87.